The van der Waals surface area contributed by atoms with Crippen LogP contribution in [0.4, 0.5) is 0 Å². The highest BCUT2D eigenvalue weighted by atomic mass is 35.5. The van der Waals surface area contributed by atoms with Gasteiger partial charge < -0.3 is 10.0 Å². The third-order valence-corrected chi connectivity index (χ3v) is 4.93. The fourth-order valence-electron chi connectivity index (χ4n) is 2.83. The largest absolute Gasteiger partial charge is 0.481 e. The summed E-state index contributed by atoms with van der Waals surface area (Å²) in [4.78, 5) is 25.3. The highest BCUT2D eigenvalue weighted by Crippen LogP contribution is 2.26. The number of rotatable bonds is 3. The molecule has 126 valence electrons. The molecule has 24 heavy (non-hydrogen) atoms. The second-order valence-corrected chi connectivity index (χ2v) is 6.69. The van der Waals surface area contributed by atoms with Crippen molar-refractivity contribution in [2.75, 3.05) is 13.1 Å². The van der Waals surface area contributed by atoms with Crippen LogP contribution >= 0.6 is 23.2 Å². The highest BCUT2D eigenvalue weighted by Gasteiger charge is 2.37. The van der Waals surface area contributed by atoms with Crippen LogP contribution in [0.1, 0.15) is 17.4 Å². The minimum absolute atomic E-state index is 0.0800. The summed E-state index contributed by atoms with van der Waals surface area (Å²) in [5.74, 6) is -1.77. The van der Waals surface area contributed by atoms with Crippen molar-refractivity contribution < 1.29 is 14.7 Å². The van der Waals surface area contributed by atoms with Crippen molar-refractivity contribution in [3.8, 4) is 5.69 Å². The monoisotopic (exact) mass is 367 g/mol. The minimum Gasteiger partial charge on any atom is -0.481 e. The van der Waals surface area contributed by atoms with Gasteiger partial charge in [0.15, 0.2) is 5.69 Å². The zero-order chi connectivity index (χ0) is 17.4. The van der Waals surface area contributed by atoms with Crippen molar-refractivity contribution in [1.29, 1.82) is 0 Å². The van der Waals surface area contributed by atoms with Gasteiger partial charge in [-0.25, -0.2) is 4.68 Å². The fourth-order valence-corrected chi connectivity index (χ4v) is 3.12. The van der Waals surface area contributed by atoms with Gasteiger partial charge in [0.2, 0.25) is 0 Å². The smallest absolute Gasteiger partial charge is 0.308 e. The standard InChI is InChI=1S/C16H15Cl2N3O3/c1-9-7-20(8-11(9)16(23)24)15(22)14-4-5-21(19-14)10-2-3-12(17)13(18)6-10/h2-6,9,11H,7-8H2,1H3,(H,23,24)/t9-,11-/m1/s1. The molecule has 1 aliphatic rings. The Balaban J connectivity index is 1.79. The molecule has 1 N–H and O–H groups in total. The summed E-state index contributed by atoms with van der Waals surface area (Å²) in [5.41, 5.74) is 0.945. The molecule has 0 radical (unpaired) electrons. The van der Waals surface area contributed by atoms with Crippen LogP contribution in [0.25, 0.3) is 5.69 Å². The maximum absolute atomic E-state index is 12.5. The molecule has 6 nitrogen and oxygen atoms in total. The molecule has 1 fully saturated rings. The molecular weight excluding hydrogens is 353 g/mol. The average molecular weight is 368 g/mol. The number of hydrogen-bond acceptors (Lipinski definition) is 3. The highest BCUT2D eigenvalue weighted by molar-refractivity contribution is 6.42. The number of aromatic nitrogens is 2. The number of carbonyl (C=O) groups excluding carboxylic acids is 1. The maximum Gasteiger partial charge on any atom is 0.308 e. The van der Waals surface area contributed by atoms with E-state index in [9.17, 15) is 14.7 Å². The second-order valence-electron chi connectivity index (χ2n) is 5.88. The molecular formula is C16H15Cl2N3O3. The van der Waals surface area contributed by atoms with Crippen molar-refractivity contribution in [3.05, 3.63) is 46.2 Å². The molecule has 1 amide bonds. The fraction of sp³-hybridized carbons (Fsp3) is 0.312. The molecule has 2 atom stereocenters. The van der Waals surface area contributed by atoms with Crippen LogP contribution in [0.5, 0.6) is 0 Å². The molecule has 0 saturated carbocycles. The van der Waals surface area contributed by atoms with Gasteiger partial charge in [0.25, 0.3) is 5.91 Å². The van der Waals surface area contributed by atoms with Crippen molar-refractivity contribution in [3.63, 3.8) is 0 Å². The van der Waals surface area contributed by atoms with Gasteiger partial charge in [-0.15, -0.1) is 0 Å². The first kappa shape index (κ1) is 16.8. The van der Waals surface area contributed by atoms with Crippen LogP contribution in [0.15, 0.2) is 30.5 Å². The lowest BCUT2D eigenvalue weighted by molar-refractivity contribution is -0.142. The molecule has 2 aromatic rings. The Morgan fingerprint density at radius 3 is 2.58 bits per heavy atom. The number of hydrogen-bond donors (Lipinski definition) is 1. The van der Waals surface area contributed by atoms with Gasteiger partial charge in [-0.2, -0.15) is 5.10 Å². The van der Waals surface area contributed by atoms with E-state index in [1.165, 1.54) is 9.58 Å². The van der Waals surface area contributed by atoms with Crippen LogP contribution in [-0.4, -0.2) is 44.8 Å². The van der Waals surface area contributed by atoms with Crippen LogP contribution < -0.4 is 0 Å². The van der Waals surface area contributed by atoms with E-state index in [4.69, 9.17) is 23.2 Å². The second kappa shape index (κ2) is 6.45. The predicted molar refractivity (Wildman–Crippen MR) is 89.8 cm³/mol. The van der Waals surface area contributed by atoms with Crippen molar-refractivity contribution in [2.45, 2.75) is 6.92 Å². The van der Waals surface area contributed by atoms with E-state index in [1.54, 1.807) is 30.5 Å². The van der Waals surface area contributed by atoms with E-state index in [-0.39, 0.29) is 24.1 Å². The predicted octanol–water partition coefficient (Wildman–Crippen LogP) is 2.97. The van der Waals surface area contributed by atoms with Gasteiger partial charge in [0.05, 0.1) is 21.7 Å². The summed E-state index contributed by atoms with van der Waals surface area (Å²) in [6.45, 7) is 2.45. The average Bonchev–Trinajstić information content (AvgIpc) is 3.16. The Morgan fingerprint density at radius 1 is 1.21 bits per heavy atom. The van der Waals surface area contributed by atoms with E-state index in [0.29, 0.717) is 22.3 Å². The van der Waals surface area contributed by atoms with Crippen LogP contribution in [0.3, 0.4) is 0 Å². The molecule has 1 saturated heterocycles. The summed E-state index contributed by atoms with van der Waals surface area (Å²) in [6, 6.07) is 6.66. The Bertz CT molecular complexity index is 806. The minimum atomic E-state index is -0.876. The molecule has 1 aromatic carbocycles. The van der Waals surface area contributed by atoms with Crippen LogP contribution in [-0.2, 0) is 4.79 Å². The lowest BCUT2D eigenvalue weighted by Gasteiger charge is -2.14. The van der Waals surface area contributed by atoms with Gasteiger partial charge in [0, 0.05) is 19.3 Å². The first-order chi connectivity index (χ1) is 11.4. The molecule has 1 aliphatic heterocycles. The summed E-state index contributed by atoms with van der Waals surface area (Å²) in [7, 11) is 0. The van der Waals surface area contributed by atoms with Crippen LogP contribution in [0, 0.1) is 11.8 Å². The van der Waals surface area contributed by atoms with E-state index in [1.807, 2.05) is 6.92 Å². The molecule has 3 rings (SSSR count). The molecule has 0 bridgehead atoms. The number of amides is 1. The van der Waals surface area contributed by atoms with Gasteiger partial charge in [0.1, 0.15) is 0 Å². The molecule has 8 heteroatoms. The SMILES string of the molecule is C[C@@H]1CN(C(=O)c2ccn(-c3ccc(Cl)c(Cl)c3)n2)C[C@H]1C(=O)O. The van der Waals surface area contributed by atoms with Gasteiger partial charge in [-0.05, 0) is 30.2 Å². The number of nitrogens with zero attached hydrogens (tertiary/aromatic N) is 3. The lowest BCUT2D eigenvalue weighted by atomic mass is 9.99. The van der Waals surface area contributed by atoms with E-state index in [0.717, 1.165) is 0 Å². The van der Waals surface area contributed by atoms with Crippen molar-refractivity contribution >= 4 is 35.1 Å². The van der Waals surface area contributed by atoms with Gasteiger partial charge >= 0.3 is 5.97 Å². The number of aliphatic carboxylic acids is 1. The summed E-state index contributed by atoms with van der Waals surface area (Å²) >= 11 is 11.9. The molecule has 0 aliphatic carbocycles. The number of carbonyl (C=O) groups is 2. The zero-order valence-corrected chi connectivity index (χ0v) is 14.3. The Morgan fingerprint density at radius 2 is 1.96 bits per heavy atom. The summed E-state index contributed by atoms with van der Waals surface area (Å²) < 4.78 is 1.53. The number of carboxylic acid groups (broad SMARTS) is 1. The maximum atomic E-state index is 12.5. The first-order valence-corrected chi connectivity index (χ1v) is 8.15. The Hall–Kier alpha value is -2.05. The quantitative estimate of drug-likeness (QED) is 0.904. The normalized spacial score (nSPS) is 20.4. The topological polar surface area (TPSA) is 75.4 Å². The molecule has 0 spiro atoms. The van der Waals surface area contributed by atoms with Crippen molar-refractivity contribution in [2.24, 2.45) is 11.8 Å². The van der Waals surface area contributed by atoms with Gasteiger partial charge in [-0.3, -0.25) is 9.59 Å². The number of likely N-dealkylation sites (tertiary alicyclic amines) is 1. The number of halogens is 2. The molecule has 0 unspecified atom stereocenters. The van der Waals surface area contributed by atoms with E-state index < -0.39 is 11.9 Å². The zero-order valence-electron chi connectivity index (χ0n) is 12.8. The van der Waals surface area contributed by atoms with E-state index in [2.05, 4.69) is 5.10 Å². The van der Waals surface area contributed by atoms with Gasteiger partial charge in [-0.1, -0.05) is 30.1 Å². The molecule has 2 heterocycles. The Kier molecular flexibility index (Phi) is 4.51. The third-order valence-electron chi connectivity index (χ3n) is 4.19. The van der Waals surface area contributed by atoms with E-state index >= 15 is 0 Å². The first-order valence-electron chi connectivity index (χ1n) is 7.40. The van der Waals surface area contributed by atoms with Crippen molar-refractivity contribution in [1.82, 2.24) is 14.7 Å². The summed E-state index contributed by atoms with van der Waals surface area (Å²) in [5, 5.41) is 14.3. The number of carboxylic acids is 1. The molecule has 1 aromatic heterocycles. The summed E-state index contributed by atoms with van der Waals surface area (Å²) in [6.07, 6.45) is 1.65. The third kappa shape index (κ3) is 3.12. The lowest BCUT2D eigenvalue weighted by Crippen LogP contribution is -2.30. The van der Waals surface area contributed by atoms with Crippen LogP contribution in [0.2, 0.25) is 10.0 Å². The number of benzene rings is 1. The Labute approximate surface area is 148 Å².